The second-order valence-corrected chi connectivity index (χ2v) is 4.27. The summed E-state index contributed by atoms with van der Waals surface area (Å²) in [5, 5.41) is 11.7. The molecule has 4 nitrogen and oxygen atoms in total. The maximum atomic E-state index is 12.4. The fourth-order valence-corrected chi connectivity index (χ4v) is 1.84. The fraction of sp³-hybridized carbons (Fsp3) is 0.231. The van der Waals surface area contributed by atoms with Crippen molar-refractivity contribution in [3.63, 3.8) is 0 Å². The van der Waals surface area contributed by atoms with Gasteiger partial charge in [0, 0.05) is 18.5 Å². The summed E-state index contributed by atoms with van der Waals surface area (Å²) in [6.45, 7) is 0. The van der Waals surface area contributed by atoms with Gasteiger partial charge in [0.2, 0.25) is 0 Å². The minimum absolute atomic E-state index is 0.0571. The summed E-state index contributed by atoms with van der Waals surface area (Å²) < 4.78 is 37.1. The number of halogens is 3. The minimum atomic E-state index is -4.45. The number of Topliss-reactive ketones (excluding diaryl/α,β-unsaturated/α-hetero) is 1. The highest BCUT2D eigenvalue weighted by molar-refractivity contribution is 6.25. The highest BCUT2D eigenvalue weighted by Gasteiger charge is 2.31. The van der Waals surface area contributed by atoms with Crippen LogP contribution in [0, 0.1) is 0 Å². The normalized spacial score (nSPS) is 15.7. The van der Waals surface area contributed by atoms with Crippen LogP contribution in [-0.2, 0) is 15.8 Å². The number of allylic oxidation sites excluding steroid dienone is 1. The second-order valence-electron chi connectivity index (χ2n) is 4.27. The monoisotopic (exact) mass is 285 g/mol. The van der Waals surface area contributed by atoms with E-state index in [4.69, 9.17) is 0 Å². The topological polar surface area (TPSA) is 66.4 Å². The van der Waals surface area contributed by atoms with Crippen molar-refractivity contribution in [1.82, 2.24) is 0 Å². The van der Waals surface area contributed by atoms with Crippen molar-refractivity contribution in [1.29, 1.82) is 0 Å². The van der Waals surface area contributed by atoms with Gasteiger partial charge in [-0.15, -0.1) is 0 Å². The van der Waals surface area contributed by atoms with Crippen LogP contribution in [0.25, 0.3) is 0 Å². The molecule has 0 saturated carbocycles. The Kier molecular flexibility index (Phi) is 3.52. The number of ketones is 1. The third-order valence-corrected chi connectivity index (χ3v) is 2.85. The molecule has 0 atom stereocenters. The van der Waals surface area contributed by atoms with Crippen molar-refractivity contribution in [2.75, 3.05) is 5.32 Å². The molecule has 1 aliphatic carbocycles. The third kappa shape index (κ3) is 2.81. The summed E-state index contributed by atoms with van der Waals surface area (Å²) in [6, 6.07) is 3.80. The summed E-state index contributed by atoms with van der Waals surface area (Å²) in [6.07, 6.45) is -4.29. The molecule has 0 spiro atoms. The van der Waals surface area contributed by atoms with E-state index in [1.807, 2.05) is 0 Å². The Morgan fingerprint density at radius 2 is 1.75 bits per heavy atom. The Morgan fingerprint density at radius 3 is 2.20 bits per heavy atom. The Bertz CT molecular complexity index is 588. The number of carbonyl (C=O) groups is 2. The Hall–Kier alpha value is -2.31. The van der Waals surface area contributed by atoms with Gasteiger partial charge in [-0.25, -0.2) is 0 Å². The zero-order valence-electron chi connectivity index (χ0n) is 10.1. The molecule has 1 amide bonds. The van der Waals surface area contributed by atoms with Crippen LogP contribution in [0.5, 0.6) is 0 Å². The van der Waals surface area contributed by atoms with Crippen molar-refractivity contribution < 1.29 is 27.9 Å². The molecular formula is C13H10F3NO3. The lowest BCUT2D eigenvalue weighted by molar-refractivity contribution is -0.137. The number of nitrogens with one attached hydrogen (secondary N) is 1. The van der Waals surface area contributed by atoms with E-state index < -0.39 is 23.4 Å². The van der Waals surface area contributed by atoms with Gasteiger partial charge >= 0.3 is 6.18 Å². The van der Waals surface area contributed by atoms with Crippen LogP contribution in [0.3, 0.4) is 0 Å². The zero-order chi connectivity index (χ0) is 14.9. The fourth-order valence-electron chi connectivity index (χ4n) is 1.84. The van der Waals surface area contributed by atoms with E-state index in [0.29, 0.717) is 0 Å². The number of aliphatic hydroxyl groups excluding tert-OH is 1. The van der Waals surface area contributed by atoms with Crippen molar-refractivity contribution in [3.8, 4) is 0 Å². The van der Waals surface area contributed by atoms with E-state index in [1.54, 1.807) is 0 Å². The highest BCUT2D eigenvalue weighted by atomic mass is 19.4. The van der Waals surface area contributed by atoms with E-state index in [9.17, 15) is 27.9 Å². The molecule has 1 aromatic carbocycles. The van der Waals surface area contributed by atoms with Crippen LogP contribution in [0.4, 0.5) is 18.9 Å². The summed E-state index contributed by atoms with van der Waals surface area (Å²) in [7, 11) is 0. The van der Waals surface area contributed by atoms with Crippen LogP contribution in [0.15, 0.2) is 35.6 Å². The van der Waals surface area contributed by atoms with E-state index in [2.05, 4.69) is 5.32 Å². The van der Waals surface area contributed by atoms with Crippen molar-refractivity contribution >= 4 is 17.4 Å². The van der Waals surface area contributed by atoms with E-state index in [1.165, 1.54) is 0 Å². The van der Waals surface area contributed by atoms with Crippen molar-refractivity contribution in [2.24, 2.45) is 0 Å². The highest BCUT2D eigenvalue weighted by Crippen LogP contribution is 2.30. The minimum Gasteiger partial charge on any atom is -0.511 e. The first-order chi connectivity index (χ1) is 9.29. The average molecular weight is 285 g/mol. The molecule has 0 unspecified atom stereocenters. The van der Waals surface area contributed by atoms with E-state index in [0.717, 1.165) is 24.3 Å². The standard InChI is InChI=1S/C13H10F3NO3/c14-13(15,16)7-1-3-8(4-2-7)17-12(20)11-9(18)5-6-10(11)19/h1-4,18H,5-6H2,(H,17,20). The predicted molar refractivity (Wildman–Crippen MR) is 64.0 cm³/mol. The smallest absolute Gasteiger partial charge is 0.416 e. The molecule has 0 heterocycles. The number of benzene rings is 1. The first-order valence-corrected chi connectivity index (χ1v) is 5.73. The van der Waals surface area contributed by atoms with Crippen LogP contribution in [0.1, 0.15) is 18.4 Å². The molecule has 0 aromatic heterocycles. The SMILES string of the molecule is O=C1CCC(O)=C1C(=O)Nc1ccc(C(F)(F)F)cc1. The van der Waals surface area contributed by atoms with Gasteiger partial charge in [0.1, 0.15) is 11.3 Å². The molecule has 2 rings (SSSR count). The lowest BCUT2D eigenvalue weighted by Crippen LogP contribution is -2.19. The molecule has 106 valence electrons. The van der Waals surface area contributed by atoms with Gasteiger partial charge in [0.15, 0.2) is 5.78 Å². The molecule has 7 heteroatoms. The predicted octanol–water partition coefficient (Wildman–Crippen LogP) is 2.82. The van der Waals surface area contributed by atoms with Crippen molar-refractivity contribution in [3.05, 3.63) is 41.2 Å². The van der Waals surface area contributed by atoms with Gasteiger partial charge in [-0.1, -0.05) is 0 Å². The molecule has 1 aromatic rings. The number of amides is 1. The van der Waals surface area contributed by atoms with Crippen LogP contribution < -0.4 is 5.32 Å². The molecule has 0 radical (unpaired) electrons. The maximum Gasteiger partial charge on any atom is 0.416 e. The van der Waals surface area contributed by atoms with Gasteiger partial charge < -0.3 is 10.4 Å². The molecule has 0 bridgehead atoms. The summed E-state index contributed by atoms with van der Waals surface area (Å²) in [5.41, 5.74) is -1.05. The number of rotatable bonds is 2. The molecule has 20 heavy (non-hydrogen) atoms. The Balaban J connectivity index is 2.13. The van der Waals surface area contributed by atoms with Crippen LogP contribution in [0.2, 0.25) is 0 Å². The quantitative estimate of drug-likeness (QED) is 0.821. The summed E-state index contributed by atoms with van der Waals surface area (Å²) in [4.78, 5) is 23.1. The lowest BCUT2D eigenvalue weighted by Gasteiger charge is -2.09. The van der Waals surface area contributed by atoms with Crippen LogP contribution >= 0.6 is 0 Å². The number of hydrogen-bond donors (Lipinski definition) is 2. The summed E-state index contributed by atoms with van der Waals surface area (Å²) in [5.74, 6) is -1.59. The average Bonchev–Trinajstić information content (AvgIpc) is 2.68. The molecular weight excluding hydrogens is 275 g/mol. The van der Waals surface area contributed by atoms with Gasteiger partial charge in [0.05, 0.1) is 5.56 Å². The largest absolute Gasteiger partial charge is 0.511 e. The maximum absolute atomic E-state index is 12.4. The molecule has 0 saturated heterocycles. The summed E-state index contributed by atoms with van der Waals surface area (Å²) >= 11 is 0. The van der Waals surface area contributed by atoms with E-state index >= 15 is 0 Å². The molecule has 0 fully saturated rings. The number of hydrogen-bond acceptors (Lipinski definition) is 3. The second kappa shape index (κ2) is 4.99. The van der Waals surface area contributed by atoms with Gasteiger partial charge in [0.25, 0.3) is 5.91 Å². The van der Waals surface area contributed by atoms with Gasteiger partial charge in [-0.05, 0) is 24.3 Å². The third-order valence-electron chi connectivity index (χ3n) is 2.85. The zero-order valence-corrected chi connectivity index (χ0v) is 10.1. The molecule has 2 N–H and O–H groups in total. The van der Waals surface area contributed by atoms with Gasteiger partial charge in [-0.2, -0.15) is 13.2 Å². The number of aliphatic hydroxyl groups is 1. The van der Waals surface area contributed by atoms with Crippen LogP contribution in [-0.4, -0.2) is 16.8 Å². The number of carbonyl (C=O) groups excluding carboxylic acids is 2. The molecule has 1 aliphatic rings. The Labute approximate surface area is 111 Å². The van der Waals surface area contributed by atoms with E-state index in [-0.39, 0.29) is 29.9 Å². The first-order valence-electron chi connectivity index (χ1n) is 5.73. The number of anilines is 1. The van der Waals surface area contributed by atoms with Crippen molar-refractivity contribution in [2.45, 2.75) is 19.0 Å². The van der Waals surface area contributed by atoms with Gasteiger partial charge in [-0.3, -0.25) is 9.59 Å². The Morgan fingerprint density at radius 1 is 1.15 bits per heavy atom. The first kappa shape index (κ1) is 14.1. The lowest BCUT2D eigenvalue weighted by atomic mass is 10.1. The molecule has 0 aliphatic heterocycles. The number of alkyl halides is 3.